The van der Waals surface area contributed by atoms with Gasteiger partial charge < -0.3 is 15.1 Å². The second-order valence-corrected chi connectivity index (χ2v) is 4.07. The summed E-state index contributed by atoms with van der Waals surface area (Å²) in [6, 6.07) is -0.898. The van der Waals surface area contributed by atoms with Gasteiger partial charge in [0.25, 0.3) is 0 Å². The molecular formula is C9H16N2O4. The van der Waals surface area contributed by atoms with Crippen LogP contribution < -0.4 is 0 Å². The first-order valence-electron chi connectivity index (χ1n) is 4.80. The van der Waals surface area contributed by atoms with Crippen LogP contribution in [-0.2, 0) is 4.79 Å². The predicted octanol–water partition coefficient (Wildman–Crippen LogP) is 0.00110. The van der Waals surface area contributed by atoms with E-state index in [1.807, 2.05) is 19.0 Å². The number of nitrogens with zero attached hydrogens (tertiary/aromatic N) is 2. The summed E-state index contributed by atoms with van der Waals surface area (Å²) in [5.41, 5.74) is 0. The van der Waals surface area contributed by atoms with Gasteiger partial charge in [-0.2, -0.15) is 0 Å². The minimum atomic E-state index is -1.15. The second kappa shape index (κ2) is 4.48. The van der Waals surface area contributed by atoms with Gasteiger partial charge >= 0.3 is 12.1 Å². The Morgan fingerprint density at radius 3 is 2.40 bits per heavy atom. The maximum Gasteiger partial charge on any atom is 0.408 e. The van der Waals surface area contributed by atoms with Crippen LogP contribution in [0, 0.1) is 5.92 Å². The maximum atomic E-state index is 11.0. The summed E-state index contributed by atoms with van der Waals surface area (Å²) in [5.74, 6) is -1.17. The maximum absolute atomic E-state index is 11.0. The van der Waals surface area contributed by atoms with Crippen LogP contribution in [0.2, 0.25) is 0 Å². The summed E-state index contributed by atoms with van der Waals surface area (Å²) in [7, 11) is 3.70. The fourth-order valence-electron chi connectivity index (χ4n) is 2.07. The standard InChI is InChI=1S/C9H16N2O4/c1-10(2)5-6-3-4-11(9(14)15)7(6)8(12)13/h6-7H,3-5H2,1-2H3,(H,12,13)(H,14,15)/t6-,7-/m0/s1. The first kappa shape index (κ1) is 11.8. The van der Waals surface area contributed by atoms with Gasteiger partial charge in [-0.15, -0.1) is 0 Å². The Balaban J connectivity index is 2.75. The number of carbonyl (C=O) groups is 2. The smallest absolute Gasteiger partial charge is 0.408 e. The van der Waals surface area contributed by atoms with E-state index in [0.29, 0.717) is 19.5 Å². The molecule has 0 aromatic rings. The van der Waals surface area contributed by atoms with E-state index >= 15 is 0 Å². The summed E-state index contributed by atoms with van der Waals surface area (Å²) in [6.07, 6.45) is -0.537. The molecule has 1 amide bonds. The average Bonchev–Trinajstić information content (AvgIpc) is 2.46. The molecule has 0 saturated carbocycles. The van der Waals surface area contributed by atoms with Crippen LogP contribution in [0.4, 0.5) is 4.79 Å². The molecule has 0 aromatic carbocycles. The van der Waals surface area contributed by atoms with E-state index in [1.54, 1.807) is 0 Å². The molecule has 0 radical (unpaired) electrons. The molecule has 6 heteroatoms. The lowest BCUT2D eigenvalue weighted by Crippen LogP contribution is -2.44. The molecule has 2 N–H and O–H groups in total. The number of hydrogen-bond acceptors (Lipinski definition) is 3. The lowest BCUT2D eigenvalue weighted by molar-refractivity contribution is -0.143. The van der Waals surface area contributed by atoms with Crippen molar-refractivity contribution in [3.8, 4) is 0 Å². The molecule has 6 nitrogen and oxygen atoms in total. The van der Waals surface area contributed by atoms with Gasteiger partial charge in [0.05, 0.1) is 0 Å². The molecule has 1 heterocycles. The van der Waals surface area contributed by atoms with Crippen LogP contribution >= 0.6 is 0 Å². The van der Waals surface area contributed by atoms with Gasteiger partial charge in [-0.25, -0.2) is 9.59 Å². The van der Waals surface area contributed by atoms with E-state index in [2.05, 4.69) is 0 Å². The Morgan fingerprint density at radius 1 is 1.40 bits per heavy atom. The highest BCUT2D eigenvalue weighted by Crippen LogP contribution is 2.25. The van der Waals surface area contributed by atoms with Gasteiger partial charge in [0.1, 0.15) is 6.04 Å². The molecule has 0 aliphatic carbocycles. The molecule has 1 aliphatic heterocycles. The zero-order valence-corrected chi connectivity index (χ0v) is 8.88. The number of carboxylic acids is 1. The molecule has 1 rings (SSSR count). The Morgan fingerprint density at radius 2 is 2.00 bits per heavy atom. The van der Waals surface area contributed by atoms with Gasteiger partial charge in [0.15, 0.2) is 0 Å². The molecule has 15 heavy (non-hydrogen) atoms. The van der Waals surface area contributed by atoms with Crippen molar-refractivity contribution in [1.82, 2.24) is 9.80 Å². The number of hydrogen-bond donors (Lipinski definition) is 2. The van der Waals surface area contributed by atoms with Crippen LogP contribution in [0.15, 0.2) is 0 Å². The van der Waals surface area contributed by atoms with Crippen LogP contribution in [-0.4, -0.2) is 65.3 Å². The minimum absolute atomic E-state index is 0.117. The second-order valence-electron chi connectivity index (χ2n) is 4.07. The van der Waals surface area contributed by atoms with E-state index in [-0.39, 0.29) is 5.92 Å². The first-order valence-corrected chi connectivity index (χ1v) is 4.80. The summed E-state index contributed by atoms with van der Waals surface area (Å²) >= 11 is 0. The highest BCUT2D eigenvalue weighted by Gasteiger charge is 2.41. The van der Waals surface area contributed by atoms with E-state index in [4.69, 9.17) is 10.2 Å². The molecule has 1 fully saturated rings. The van der Waals surface area contributed by atoms with Gasteiger partial charge in [-0.05, 0) is 20.5 Å². The third-order valence-electron chi connectivity index (χ3n) is 2.62. The molecule has 86 valence electrons. The fourth-order valence-corrected chi connectivity index (χ4v) is 2.07. The van der Waals surface area contributed by atoms with Gasteiger partial charge in [0.2, 0.25) is 0 Å². The average molecular weight is 216 g/mol. The van der Waals surface area contributed by atoms with Crippen LogP contribution in [0.1, 0.15) is 6.42 Å². The third kappa shape index (κ3) is 2.59. The van der Waals surface area contributed by atoms with Crippen LogP contribution in [0.3, 0.4) is 0 Å². The van der Waals surface area contributed by atoms with Crippen molar-refractivity contribution in [3.05, 3.63) is 0 Å². The van der Waals surface area contributed by atoms with Crippen molar-refractivity contribution in [2.75, 3.05) is 27.2 Å². The lowest BCUT2D eigenvalue weighted by atomic mass is 10.0. The lowest BCUT2D eigenvalue weighted by Gasteiger charge is -2.23. The molecule has 1 saturated heterocycles. The summed E-state index contributed by atoms with van der Waals surface area (Å²) in [5, 5.41) is 17.8. The molecular weight excluding hydrogens is 200 g/mol. The Kier molecular flexibility index (Phi) is 3.52. The topological polar surface area (TPSA) is 81.1 Å². The highest BCUT2D eigenvalue weighted by molar-refractivity contribution is 5.80. The van der Waals surface area contributed by atoms with Crippen LogP contribution in [0.25, 0.3) is 0 Å². The van der Waals surface area contributed by atoms with Crippen molar-refractivity contribution in [3.63, 3.8) is 0 Å². The van der Waals surface area contributed by atoms with E-state index in [0.717, 1.165) is 4.90 Å². The molecule has 0 unspecified atom stereocenters. The number of aliphatic carboxylic acids is 1. The Hall–Kier alpha value is -1.30. The fraction of sp³-hybridized carbons (Fsp3) is 0.778. The largest absolute Gasteiger partial charge is 0.480 e. The summed E-state index contributed by atoms with van der Waals surface area (Å²) in [4.78, 5) is 24.7. The Bertz CT molecular complexity index is 267. The van der Waals surface area contributed by atoms with E-state index in [9.17, 15) is 9.59 Å². The van der Waals surface area contributed by atoms with Crippen molar-refractivity contribution in [2.24, 2.45) is 5.92 Å². The number of carboxylic acid groups (broad SMARTS) is 2. The highest BCUT2D eigenvalue weighted by atomic mass is 16.4. The van der Waals surface area contributed by atoms with E-state index < -0.39 is 18.1 Å². The van der Waals surface area contributed by atoms with Crippen molar-refractivity contribution < 1.29 is 19.8 Å². The molecule has 0 spiro atoms. The molecule has 1 aliphatic rings. The molecule has 0 aromatic heterocycles. The van der Waals surface area contributed by atoms with Gasteiger partial charge in [-0.1, -0.05) is 0 Å². The number of rotatable bonds is 3. The van der Waals surface area contributed by atoms with Crippen LogP contribution in [0.5, 0.6) is 0 Å². The number of amides is 1. The third-order valence-corrected chi connectivity index (χ3v) is 2.62. The molecule has 0 bridgehead atoms. The van der Waals surface area contributed by atoms with Crippen molar-refractivity contribution in [2.45, 2.75) is 12.5 Å². The monoisotopic (exact) mass is 216 g/mol. The van der Waals surface area contributed by atoms with E-state index in [1.165, 1.54) is 0 Å². The van der Waals surface area contributed by atoms with Crippen molar-refractivity contribution >= 4 is 12.1 Å². The zero-order chi connectivity index (χ0) is 11.6. The SMILES string of the molecule is CN(C)C[C@@H]1CCN(C(=O)O)[C@@H]1C(=O)O. The quantitative estimate of drug-likeness (QED) is 0.694. The zero-order valence-electron chi connectivity index (χ0n) is 8.88. The predicted molar refractivity (Wildman–Crippen MR) is 52.8 cm³/mol. The summed E-state index contributed by atoms with van der Waals surface area (Å²) in [6.45, 7) is 0.908. The first-order chi connectivity index (χ1) is 6.93. The number of likely N-dealkylation sites (tertiary alicyclic amines) is 1. The summed E-state index contributed by atoms with van der Waals surface area (Å²) < 4.78 is 0. The van der Waals surface area contributed by atoms with Crippen molar-refractivity contribution in [1.29, 1.82) is 0 Å². The van der Waals surface area contributed by atoms with Gasteiger partial charge in [0, 0.05) is 19.0 Å². The molecule has 2 atom stereocenters. The van der Waals surface area contributed by atoms with Gasteiger partial charge in [-0.3, -0.25) is 4.90 Å². The normalized spacial score (nSPS) is 25.9. The Labute approximate surface area is 88.1 Å². The minimum Gasteiger partial charge on any atom is -0.480 e.